The number of rotatable bonds is 5. The van der Waals surface area contributed by atoms with Gasteiger partial charge in [0, 0.05) is 44.5 Å². The Labute approximate surface area is 186 Å². The minimum Gasteiger partial charge on any atom is -0.305 e. The number of aromatic nitrogens is 3. The molecule has 2 aliphatic heterocycles. The molecule has 4 heterocycles. The van der Waals surface area contributed by atoms with Crippen LogP contribution in [0.1, 0.15) is 42.0 Å². The van der Waals surface area contributed by atoms with E-state index in [0.717, 1.165) is 37.2 Å². The summed E-state index contributed by atoms with van der Waals surface area (Å²) >= 11 is 0. The predicted molar refractivity (Wildman–Crippen MR) is 121 cm³/mol. The van der Waals surface area contributed by atoms with Crippen molar-refractivity contribution in [2.45, 2.75) is 43.7 Å². The maximum atomic E-state index is 13.1. The minimum absolute atomic E-state index is 0.129. The van der Waals surface area contributed by atoms with Gasteiger partial charge in [0.25, 0.3) is 15.6 Å². The molecule has 9 heteroatoms. The molecule has 166 valence electrons. The number of hydrogen-bond donors (Lipinski definition) is 1. The lowest BCUT2D eigenvalue weighted by molar-refractivity contribution is 0.238. The molecule has 1 aromatic carbocycles. The second-order valence-corrected chi connectivity index (χ2v) is 10.0. The van der Waals surface area contributed by atoms with Gasteiger partial charge in [0.1, 0.15) is 0 Å². The molecule has 1 N–H and O–H groups in total. The van der Waals surface area contributed by atoms with Crippen LogP contribution in [0.15, 0.2) is 63.3 Å². The van der Waals surface area contributed by atoms with Crippen molar-refractivity contribution in [3.05, 3.63) is 81.8 Å². The molecule has 0 spiro atoms. The SMILES string of the molecule is O=c1[nH]c(C2=NCCCC2)nc2c1CN(Cc1cccn1S(=O)(=O)c1ccccc1)CC2. The largest absolute Gasteiger partial charge is 0.305 e. The minimum atomic E-state index is -3.67. The van der Waals surface area contributed by atoms with Gasteiger partial charge in [0.15, 0.2) is 5.82 Å². The number of hydrogen-bond acceptors (Lipinski definition) is 6. The van der Waals surface area contributed by atoms with E-state index in [-0.39, 0.29) is 10.5 Å². The van der Waals surface area contributed by atoms with Crippen molar-refractivity contribution in [3.63, 3.8) is 0 Å². The summed E-state index contributed by atoms with van der Waals surface area (Å²) in [4.78, 5) is 27.3. The van der Waals surface area contributed by atoms with Crippen LogP contribution in [-0.2, 0) is 29.5 Å². The first kappa shape index (κ1) is 20.8. The van der Waals surface area contributed by atoms with Crippen LogP contribution in [0.4, 0.5) is 0 Å². The second kappa shape index (κ2) is 8.48. The zero-order valence-corrected chi connectivity index (χ0v) is 18.5. The highest BCUT2D eigenvalue weighted by Gasteiger charge is 2.25. The van der Waals surface area contributed by atoms with Gasteiger partial charge in [-0.1, -0.05) is 18.2 Å². The molecule has 0 saturated carbocycles. The van der Waals surface area contributed by atoms with E-state index < -0.39 is 10.0 Å². The lowest BCUT2D eigenvalue weighted by atomic mass is 10.1. The summed E-state index contributed by atoms with van der Waals surface area (Å²) < 4.78 is 27.5. The molecule has 0 aliphatic carbocycles. The summed E-state index contributed by atoms with van der Waals surface area (Å²) in [6.45, 7) is 2.34. The van der Waals surface area contributed by atoms with E-state index in [1.165, 1.54) is 3.97 Å². The van der Waals surface area contributed by atoms with Crippen LogP contribution in [0.2, 0.25) is 0 Å². The van der Waals surface area contributed by atoms with Crippen LogP contribution in [0.3, 0.4) is 0 Å². The van der Waals surface area contributed by atoms with Crippen molar-refractivity contribution in [2.24, 2.45) is 4.99 Å². The first-order valence-corrected chi connectivity index (χ1v) is 12.3. The van der Waals surface area contributed by atoms with Gasteiger partial charge in [-0.05, 0) is 43.5 Å². The summed E-state index contributed by atoms with van der Waals surface area (Å²) in [7, 11) is -3.67. The molecule has 2 aliphatic rings. The fourth-order valence-corrected chi connectivity index (χ4v) is 5.72. The Hall–Kier alpha value is -3.04. The molecule has 0 unspecified atom stereocenters. The number of aliphatic imine (C=N–C) groups is 1. The molecule has 0 fully saturated rings. The molecule has 2 aromatic heterocycles. The average Bonchev–Trinajstić information content (AvgIpc) is 3.29. The summed E-state index contributed by atoms with van der Waals surface area (Å²) in [6, 6.07) is 11.9. The van der Waals surface area contributed by atoms with E-state index >= 15 is 0 Å². The van der Waals surface area contributed by atoms with Crippen molar-refractivity contribution in [3.8, 4) is 0 Å². The molecular weight excluding hydrogens is 426 g/mol. The zero-order valence-electron chi connectivity index (χ0n) is 17.7. The van der Waals surface area contributed by atoms with Gasteiger partial charge in [0.05, 0.1) is 21.9 Å². The molecule has 8 nitrogen and oxygen atoms in total. The van der Waals surface area contributed by atoms with E-state index in [9.17, 15) is 13.2 Å². The maximum absolute atomic E-state index is 13.1. The standard InChI is InChI=1S/C23H25N5O3S/c29-23-19-16-27(14-11-20(19)25-22(26-23)21-10-4-5-12-24-21)15-17-7-6-13-28(17)32(30,31)18-8-2-1-3-9-18/h1-3,6-9,13H,4-5,10-12,14-16H2,(H,25,26,29). The molecule has 0 bridgehead atoms. The third-order valence-electron chi connectivity index (χ3n) is 6.02. The third-order valence-corrected chi connectivity index (χ3v) is 7.77. The predicted octanol–water partition coefficient (Wildman–Crippen LogP) is 2.34. The normalized spacial score (nSPS) is 17.1. The van der Waals surface area contributed by atoms with E-state index in [1.807, 2.05) is 6.07 Å². The van der Waals surface area contributed by atoms with Gasteiger partial charge in [-0.2, -0.15) is 0 Å². The van der Waals surface area contributed by atoms with Gasteiger partial charge >= 0.3 is 0 Å². The van der Waals surface area contributed by atoms with Crippen LogP contribution in [0, 0.1) is 0 Å². The van der Waals surface area contributed by atoms with Crippen LogP contribution in [-0.4, -0.2) is 46.1 Å². The van der Waals surface area contributed by atoms with Gasteiger partial charge in [-0.3, -0.25) is 14.7 Å². The van der Waals surface area contributed by atoms with Crippen LogP contribution in [0.5, 0.6) is 0 Å². The Bertz CT molecular complexity index is 1330. The van der Waals surface area contributed by atoms with E-state index in [1.54, 1.807) is 42.6 Å². The first-order chi connectivity index (χ1) is 15.5. The van der Waals surface area contributed by atoms with Crippen molar-refractivity contribution in [1.29, 1.82) is 0 Å². The number of H-pyrrole nitrogens is 1. The molecule has 0 amide bonds. The van der Waals surface area contributed by atoms with Gasteiger partial charge in [-0.25, -0.2) is 17.4 Å². The highest BCUT2D eigenvalue weighted by molar-refractivity contribution is 7.90. The summed E-state index contributed by atoms with van der Waals surface area (Å²) in [5.74, 6) is 0.602. The van der Waals surface area contributed by atoms with Crippen molar-refractivity contribution in [1.82, 2.24) is 18.8 Å². The lowest BCUT2D eigenvalue weighted by Gasteiger charge is -2.28. The highest BCUT2D eigenvalue weighted by atomic mass is 32.2. The Morgan fingerprint density at radius 3 is 2.66 bits per heavy atom. The Kier molecular flexibility index (Phi) is 5.52. The Balaban J connectivity index is 1.38. The number of nitrogens with zero attached hydrogens (tertiary/aromatic N) is 4. The molecule has 0 radical (unpaired) electrons. The molecular formula is C23H25N5O3S. The number of nitrogens with one attached hydrogen (secondary N) is 1. The molecule has 0 saturated heterocycles. The van der Waals surface area contributed by atoms with Gasteiger partial charge in [0.2, 0.25) is 0 Å². The smallest absolute Gasteiger partial charge is 0.267 e. The van der Waals surface area contributed by atoms with E-state index in [0.29, 0.717) is 43.1 Å². The molecule has 32 heavy (non-hydrogen) atoms. The maximum Gasteiger partial charge on any atom is 0.267 e. The topological polar surface area (TPSA) is 100 Å². The summed E-state index contributed by atoms with van der Waals surface area (Å²) in [5, 5.41) is 0. The van der Waals surface area contributed by atoms with Crippen molar-refractivity contribution < 1.29 is 8.42 Å². The van der Waals surface area contributed by atoms with E-state index in [2.05, 4.69) is 14.9 Å². The molecule has 3 aromatic rings. The monoisotopic (exact) mass is 451 g/mol. The quantitative estimate of drug-likeness (QED) is 0.642. The van der Waals surface area contributed by atoms with Gasteiger partial charge in [-0.15, -0.1) is 0 Å². The van der Waals surface area contributed by atoms with Crippen molar-refractivity contribution in [2.75, 3.05) is 13.1 Å². The molecule has 5 rings (SSSR count). The van der Waals surface area contributed by atoms with Crippen LogP contribution >= 0.6 is 0 Å². The summed E-state index contributed by atoms with van der Waals surface area (Å²) in [6.07, 6.45) is 5.21. The summed E-state index contributed by atoms with van der Waals surface area (Å²) in [5.41, 5.74) is 2.90. The highest BCUT2D eigenvalue weighted by Crippen LogP contribution is 2.21. The van der Waals surface area contributed by atoms with Crippen LogP contribution in [0.25, 0.3) is 0 Å². The third kappa shape index (κ3) is 3.93. The number of aromatic amines is 1. The van der Waals surface area contributed by atoms with Crippen LogP contribution < -0.4 is 5.56 Å². The number of benzene rings is 1. The lowest BCUT2D eigenvalue weighted by Crippen LogP contribution is -2.37. The van der Waals surface area contributed by atoms with E-state index in [4.69, 9.17) is 4.98 Å². The van der Waals surface area contributed by atoms with Crippen molar-refractivity contribution >= 4 is 15.7 Å². The Morgan fingerprint density at radius 1 is 1.03 bits per heavy atom. The molecule has 0 atom stereocenters. The van der Waals surface area contributed by atoms with Gasteiger partial charge < -0.3 is 4.98 Å². The Morgan fingerprint density at radius 2 is 1.88 bits per heavy atom. The second-order valence-electron chi connectivity index (χ2n) is 8.20. The fraction of sp³-hybridized carbons (Fsp3) is 0.348. The first-order valence-electron chi connectivity index (χ1n) is 10.9. The number of fused-ring (bicyclic) bond motifs is 1. The fourth-order valence-electron chi connectivity index (χ4n) is 4.34. The zero-order chi connectivity index (χ0) is 22.1. The average molecular weight is 452 g/mol.